The Morgan fingerprint density at radius 3 is 2.46 bits per heavy atom. The van der Waals surface area contributed by atoms with Crippen LogP contribution in [0.2, 0.25) is 0 Å². The van der Waals surface area contributed by atoms with Crippen LogP contribution in [0.4, 0.5) is 5.69 Å². The summed E-state index contributed by atoms with van der Waals surface area (Å²) >= 11 is 4.48. The van der Waals surface area contributed by atoms with Gasteiger partial charge < -0.3 is 0 Å². The molecule has 0 aliphatic carbocycles. The summed E-state index contributed by atoms with van der Waals surface area (Å²) in [6, 6.07) is 6.38. The van der Waals surface area contributed by atoms with E-state index in [1.165, 1.54) is 23.1 Å². The summed E-state index contributed by atoms with van der Waals surface area (Å²) in [5.74, 6) is 0.896. The van der Waals surface area contributed by atoms with Crippen molar-refractivity contribution in [2.75, 3.05) is 16.7 Å². The minimum atomic E-state index is -3.32. The van der Waals surface area contributed by atoms with Gasteiger partial charge in [0.1, 0.15) is 0 Å². The van der Waals surface area contributed by atoms with Crippen molar-refractivity contribution in [1.29, 1.82) is 0 Å². The van der Waals surface area contributed by atoms with Crippen LogP contribution in [0.5, 0.6) is 0 Å². The largest absolute Gasteiger partial charge is 0.293 e. The third-order valence-corrected chi connectivity index (χ3v) is 6.50. The molecule has 2 aromatic rings. The van der Waals surface area contributed by atoms with Crippen molar-refractivity contribution in [3.8, 4) is 0 Å². The highest BCUT2D eigenvalue weighted by Gasteiger charge is 2.19. The third-order valence-electron chi connectivity index (χ3n) is 2.78. The lowest BCUT2D eigenvalue weighted by Crippen LogP contribution is -2.14. The molecule has 0 spiro atoms. The van der Waals surface area contributed by atoms with Gasteiger partial charge in [0.15, 0.2) is 14.5 Å². The van der Waals surface area contributed by atoms with Crippen LogP contribution in [-0.2, 0) is 10.0 Å². The van der Waals surface area contributed by atoms with Gasteiger partial charge >= 0.3 is 0 Å². The number of sulfonamides is 1. The predicted molar refractivity (Wildman–Crippen MR) is 101 cm³/mol. The highest BCUT2D eigenvalue weighted by atomic mass is 32.2. The Hall–Kier alpha value is -1.10. The Bertz CT molecular complexity index is 803. The van der Waals surface area contributed by atoms with Crippen molar-refractivity contribution in [2.24, 2.45) is 0 Å². The Morgan fingerprint density at radius 1 is 1.25 bits per heavy atom. The molecule has 1 atom stereocenters. The van der Waals surface area contributed by atoms with Crippen molar-refractivity contribution in [2.45, 2.75) is 27.8 Å². The van der Waals surface area contributed by atoms with Gasteiger partial charge in [-0.3, -0.25) is 9.52 Å². The van der Waals surface area contributed by atoms with Gasteiger partial charge in [-0.15, -0.1) is 10.2 Å². The monoisotopic (exact) mass is 403 g/mol. The Morgan fingerprint density at radius 2 is 1.88 bits per heavy atom. The van der Waals surface area contributed by atoms with E-state index in [-0.39, 0.29) is 11.0 Å². The number of rotatable bonds is 8. The molecular formula is C14H17N3O3S4. The van der Waals surface area contributed by atoms with Gasteiger partial charge in [0.2, 0.25) is 10.0 Å². The fourth-order valence-corrected chi connectivity index (χ4v) is 5.49. The fourth-order valence-electron chi connectivity index (χ4n) is 1.78. The molecule has 0 radical (unpaired) electrons. The van der Waals surface area contributed by atoms with E-state index in [9.17, 15) is 13.2 Å². The molecule has 1 aromatic heterocycles. The number of thioether (sulfide) groups is 2. The molecule has 1 heterocycles. The summed E-state index contributed by atoms with van der Waals surface area (Å²) in [7, 11) is -3.32. The minimum Gasteiger partial charge on any atom is -0.293 e. The second kappa shape index (κ2) is 8.32. The molecular weight excluding hydrogens is 386 g/mol. The van der Waals surface area contributed by atoms with Crippen LogP contribution in [-0.4, -0.2) is 41.7 Å². The predicted octanol–water partition coefficient (Wildman–Crippen LogP) is 3.39. The van der Waals surface area contributed by atoms with Gasteiger partial charge in [0, 0.05) is 11.3 Å². The summed E-state index contributed by atoms with van der Waals surface area (Å²) in [5.41, 5.74) is 0.960. The lowest BCUT2D eigenvalue weighted by atomic mass is 10.1. The number of ketones is 1. The zero-order valence-electron chi connectivity index (χ0n) is 13.3. The van der Waals surface area contributed by atoms with Gasteiger partial charge in [-0.2, -0.15) is 0 Å². The van der Waals surface area contributed by atoms with Gasteiger partial charge in [0.05, 0.1) is 11.5 Å². The molecule has 10 heteroatoms. The zero-order chi connectivity index (χ0) is 17.7. The zero-order valence-corrected chi connectivity index (χ0v) is 16.6. The fraction of sp³-hybridized carbons (Fsp3) is 0.357. The summed E-state index contributed by atoms with van der Waals surface area (Å²) in [6.45, 7) is 3.87. The van der Waals surface area contributed by atoms with E-state index in [0.29, 0.717) is 11.3 Å². The SMILES string of the molecule is CCSc1nnc(SC(C)C(=O)c2ccc(NS(C)(=O)=O)cc2)s1. The minimum absolute atomic E-state index is 0.0363. The summed E-state index contributed by atoms with van der Waals surface area (Å²) in [6.07, 6.45) is 1.08. The van der Waals surface area contributed by atoms with Crippen LogP contribution in [0.15, 0.2) is 32.9 Å². The first-order chi connectivity index (χ1) is 11.3. The molecule has 1 aromatic carbocycles. The molecule has 2 rings (SSSR count). The smallest absolute Gasteiger partial charge is 0.229 e. The quantitative estimate of drug-likeness (QED) is 0.534. The Kier molecular flexibility index (Phi) is 6.67. The Labute approximate surface area is 153 Å². The summed E-state index contributed by atoms with van der Waals surface area (Å²) in [4.78, 5) is 12.5. The maximum Gasteiger partial charge on any atom is 0.229 e. The van der Waals surface area contributed by atoms with E-state index in [2.05, 4.69) is 14.9 Å². The first-order valence-electron chi connectivity index (χ1n) is 7.03. The number of hydrogen-bond acceptors (Lipinski definition) is 8. The maximum absolute atomic E-state index is 12.5. The molecule has 0 aliphatic rings. The number of Topliss-reactive ketones (excluding diaryl/α,β-unsaturated/α-hetero) is 1. The lowest BCUT2D eigenvalue weighted by Gasteiger charge is -2.09. The second-order valence-electron chi connectivity index (χ2n) is 4.84. The number of anilines is 1. The van der Waals surface area contributed by atoms with Crippen molar-refractivity contribution >= 4 is 56.4 Å². The molecule has 130 valence electrons. The number of benzene rings is 1. The van der Waals surface area contributed by atoms with Crippen LogP contribution in [0.25, 0.3) is 0 Å². The van der Waals surface area contributed by atoms with Gasteiger partial charge in [-0.05, 0) is 36.9 Å². The number of carbonyl (C=O) groups is 1. The third kappa shape index (κ3) is 5.76. The summed E-state index contributed by atoms with van der Waals surface area (Å²) in [5, 5.41) is 7.86. The van der Waals surface area contributed by atoms with E-state index in [1.807, 2.05) is 13.8 Å². The van der Waals surface area contributed by atoms with Crippen LogP contribution in [0.3, 0.4) is 0 Å². The highest BCUT2D eigenvalue weighted by Crippen LogP contribution is 2.32. The van der Waals surface area contributed by atoms with Gasteiger partial charge in [0.25, 0.3) is 0 Å². The highest BCUT2D eigenvalue weighted by molar-refractivity contribution is 8.03. The van der Waals surface area contributed by atoms with Crippen LogP contribution in [0.1, 0.15) is 24.2 Å². The molecule has 0 amide bonds. The maximum atomic E-state index is 12.5. The van der Waals surface area contributed by atoms with E-state index in [0.717, 1.165) is 20.7 Å². The topological polar surface area (TPSA) is 89.0 Å². The normalized spacial score (nSPS) is 12.8. The molecule has 1 N–H and O–H groups in total. The summed E-state index contributed by atoms with van der Waals surface area (Å²) < 4.78 is 26.4. The molecule has 0 bridgehead atoms. The molecule has 0 fully saturated rings. The Balaban J connectivity index is 2.01. The van der Waals surface area contributed by atoms with Crippen molar-refractivity contribution in [3.05, 3.63) is 29.8 Å². The molecule has 6 nitrogen and oxygen atoms in total. The molecule has 24 heavy (non-hydrogen) atoms. The van der Waals surface area contributed by atoms with Gasteiger partial charge in [-0.1, -0.05) is 41.8 Å². The molecule has 0 saturated carbocycles. The number of aromatic nitrogens is 2. The number of carbonyl (C=O) groups excluding carboxylic acids is 1. The number of nitrogens with one attached hydrogen (secondary N) is 1. The first-order valence-corrected chi connectivity index (χ1v) is 11.6. The average molecular weight is 404 g/mol. The van der Waals surface area contributed by atoms with Crippen molar-refractivity contribution in [3.63, 3.8) is 0 Å². The van der Waals surface area contributed by atoms with Crippen molar-refractivity contribution in [1.82, 2.24) is 10.2 Å². The van der Waals surface area contributed by atoms with E-state index < -0.39 is 10.0 Å². The number of nitrogens with zero attached hydrogens (tertiary/aromatic N) is 2. The van der Waals surface area contributed by atoms with Gasteiger partial charge in [-0.25, -0.2) is 8.42 Å². The van der Waals surface area contributed by atoms with Crippen LogP contribution < -0.4 is 4.72 Å². The average Bonchev–Trinajstić information content (AvgIpc) is 2.93. The number of hydrogen-bond donors (Lipinski definition) is 1. The molecule has 1 unspecified atom stereocenters. The van der Waals surface area contributed by atoms with E-state index in [4.69, 9.17) is 0 Å². The molecule has 0 aliphatic heterocycles. The lowest BCUT2D eigenvalue weighted by molar-refractivity contribution is 0.0994. The second-order valence-corrected chi connectivity index (χ2v) is 10.7. The van der Waals surface area contributed by atoms with Crippen LogP contribution >= 0.6 is 34.9 Å². The van der Waals surface area contributed by atoms with Crippen LogP contribution in [0, 0.1) is 0 Å². The molecule has 0 saturated heterocycles. The first kappa shape index (κ1) is 19.2. The van der Waals surface area contributed by atoms with Crippen molar-refractivity contribution < 1.29 is 13.2 Å². The standard InChI is InChI=1S/C14H17N3O3S4/c1-4-21-13-15-16-14(23-13)22-9(2)12(18)10-5-7-11(8-6-10)17-24(3,19)20/h5-9,17H,4H2,1-3H3. The van der Waals surface area contributed by atoms with E-state index >= 15 is 0 Å². The van der Waals surface area contributed by atoms with E-state index in [1.54, 1.807) is 36.0 Å².